The van der Waals surface area contributed by atoms with Crippen LogP contribution in [0.15, 0.2) is 18.7 Å². The van der Waals surface area contributed by atoms with Gasteiger partial charge in [-0.2, -0.15) is 0 Å². The molecule has 0 unspecified atom stereocenters. The third kappa shape index (κ3) is 1.66. The fourth-order valence-electron chi connectivity index (χ4n) is 0.885. The van der Waals surface area contributed by atoms with E-state index < -0.39 is 23.0 Å². The lowest BCUT2D eigenvalue weighted by atomic mass is 10.1. The fourth-order valence-corrected chi connectivity index (χ4v) is 0.885. The van der Waals surface area contributed by atoms with E-state index in [1.165, 1.54) is 7.11 Å². The van der Waals surface area contributed by atoms with Gasteiger partial charge in [-0.25, -0.2) is 13.2 Å². The van der Waals surface area contributed by atoms with Crippen LogP contribution in [0, 0.1) is 17.5 Å². The minimum absolute atomic E-state index is 0.241. The average Bonchev–Trinajstić information content (AvgIpc) is 2.12. The first kappa shape index (κ1) is 9.64. The maximum Gasteiger partial charge on any atom is 0.172 e. The molecule has 0 N–H and O–H groups in total. The molecule has 0 aliphatic rings. The van der Waals surface area contributed by atoms with Gasteiger partial charge in [0, 0.05) is 0 Å². The Balaban J connectivity index is 3.33. The number of hydrogen-bond donors (Lipinski definition) is 0. The molecule has 0 aliphatic heterocycles. The van der Waals surface area contributed by atoms with Crippen LogP contribution in [0.1, 0.15) is 5.56 Å². The molecule has 0 atom stereocenters. The third-order valence-corrected chi connectivity index (χ3v) is 1.57. The molecule has 0 spiro atoms. The van der Waals surface area contributed by atoms with Gasteiger partial charge >= 0.3 is 0 Å². The van der Waals surface area contributed by atoms with Crippen LogP contribution >= 0.6 is 0 Å². The van der Waals surface area contributed by atoms with Crippen molar-refractivity contribution in [3.05, 3.63) is 41.7 Å². The molecule has 0 saturated carbocycles. The van der Waals surface area contributed by atoms with Gasteiger partial charge in [-0.05, 0) is 12.1 Å². The van der Waals surface area contributed by atoms with Gasteiger partial charge in [-0.3, -0.25) is 0 Å². The Hall–Kier alpha value is -1.45. The van der Waals surface area contributed by atoms with Crippen LogP contribution in [0.4, 0.5) is 13.2 Å². The first-order chi connectivity index (χ1) is 6.07. The monoisotopic (exact) mass is 188 g/mol. The minimum atomic E-state index is -1.29. The number of hydrogen-bond acceptors (Lipinski definition) is 1. The van der Waals surface area contributed by atoms with Crippen molar-refractivity contribution in [1.82, 2.24) is 0 Å². The van der Waals surface area contributed by atoms with Crippen molar-refractivity contribution in [2.45, 2.75) is 0 Å². The topological polar surface area (TPSA) is 9.23 Å². The molecule has 70 valence electrons. The summed E-state index contributed by atoms with van der Waals surface area (Å²) in [6.07, 6.45) is 0. The summed E-state index contributed by atoms with van der Waals surface area (Å²) < 4.78 is 43.0. The summed E-state index contributed by atoms with van der Waals surface area (Å²) in [6.45, 7) is 3.24. The van der Waals surface area contributed by atoms with Crippen LogP contribution in [-0.2, 0) is 4.74 Å². The van der Waals surface area contributed by atoms with E-state index in [2.05, 4.69) is 11.3 Å². The van der Waals surface area contributed by atoms with Crippen LogP contribution in [0.2, 0.25) is 0 Å². The molecule has 0 fully saturated rings. The Morgan fingerprint density at radius 2 is 1.77 bits per heavy atom. The normalized spacial score (nSPS) is 9.85. The van der Waals surface area contributed by atoms with Gasteiger partial charge in [0.2, 0.25) is 0 Å². The predicted molar refractivity (Wildman–Crippen MR) is 42.4 cm³/mol. The Labute approximate surface area is 73.4 Å². The van der Waals surface area contributed by atoms with E-state index in [4.69, 9.17) is 0 Å². The van der Waals surface area contributed by atoms with Gasteiger partial charge in [-0.15, -0.1) is 0 Å². The molecule has 0 heterocycles. The molecular weight excluding hydrogens is 181 g/mol. The van der Waals surface area contributed by atoms with E-state index in [1.54, 1.807) is 0 Å². The molecule has 0 bridgehead atoms. The maximum atomic E-state index is 12.9. The largest absolute Gasteiger partial charge is 0.497 e. The molecular formula is C9H7F3O. The quantitative estimate of drug-likeness (QED) is 0.512. The number of benzene rings is 1. The number of methoxy groups -OCH3 is 1. The second kappa shape index (κ2) is 3.51. The first-order valence-electron chi connectivity index (χ1n) is 3.44. The highest BCUT2D eigenvalue weighted by atomic mass is 19.2. The van der Waals surface area contributed by atoms with Crippen LogP contribution in [0.25, 0.3) is 5.76 Å². The summed E-state index contributed by atoms with van der Waals surface area (Å²) >= 11 is 0. The highest BCUT2D eigenvalue weighted by molar-refractivity contribution is 5.58. The van der Waals surface area contributed by atoms with Crippen LogP contribution in [0.5, 0.6) is 0 Å². The van der Waals surface area contributed by atoms with Gasteiger partial charge in [0.25, 0.3) is 0 Å². The van der Waals surface area contributed by atoms with Gasteiger partial charge < -0.3 is 4.74 Å². The summed E-state index contributed by atoms with van der Waals surface area (Å²) in [5, 5.41) is 0. The van der Waals surface area contributed by atoms with E-state index in [0.717, 1.165) is 6.07 Å². The number of halogens is 3. The van der Waals surface area contributed by atoms with Crippen molar-refractivity contribution in [3.8, 4) is 0 Å². The molecule has 1 nitrogen and oxygen atoms in total. The standard InChI is InChI=1S/C9H7F3O/c1-5(13-2)8-6(10)3-4-7(11)9(8)12/h3-4H,1H2,2H3. The smallest absolute Gasteiger partial charge is 0.172 e. The van der Waals surface area contributed by atoms with Crippen molar-refractivity contribution >= 4 is 5.76 Å². The summed E-state index contributed by atoms with van der Waals surface area (Å²) in [5.41, 5.74) is -0.567. The number of ether oxygens (including phenoxy) is 1. The summed E-state index contributed by atoms with van der Waals surface area (Å²) in [6, 6.07) is 1.52. The first-order valence-corrected chi connectivity index (χ1v) is 3.44. The van der Waals surface area contributed by atoms with E-state index in [9.17, 15) is 13.2 Å². The van der Waals surface area contributed by atoms with Crippen LogP contribution in [0.3, 0.4) is 0 Å². The molecule has 0 aliphatic carbocycles. The highest BCUT2D eigenvalue weighted by Gasteiger charge is 2.16. The van der Waals surface area contributed by atoms with Crippen molar-refractivity contribution in [2.24, 2.45) is 0 Å². The average molecular weight is 188 g/mol. The molecule has 1 aromatic carbocycles. The molecule has 1 aromatic rings. The summed E-state index contributed by atoms with van der Waals surface area (Å²) in [7, 11) is 1.20. The molecule has 0 amide bonds. The molecule has 4 heteroatoms. The lowest BCUT2D eigenvalue weighted by Crippen LogP contribution is -1.98. The lowest BCUT2D eigenvalue weighted by molar-refractivity contribution is 0.362. The molecule has 13 heavy (non-hydrogen) atoms. The second-order valence-electron chi connectivity index (χ2n) is 2.35. The van der Waals surface area contributed by atoms with E-state index in [-0.39, 0.29) is 5.76 Å². The van der Waals surface area contributed by atoms with Crippen molar-refractivity contribution in [2.75, 3.05) is 7.11 Å². The van der Waals surface area contributed by atoms with Gasteiger partial charge in [0.05, 0.1) is 12.7 Å². The lowest BCUT2D eigenvalue weighted by Gasteiger charge is -2.06. The van der Waals surface area contributed by atoms with Crippen molar-refractivity contribution in [3.63, 3.8) is 0 Å². The summed E-state index contributed by atoms with van der Waals surface area (Å²) in [5.74, 6) is -3.55. The maximum absolute atomic E-state index is 12.9. The molecule has 0 radical (unpaired) electrons. The predicted octanol–water partition coefficient (Wildman–Crippen LogP) is 2.72. The van der Waals surface area contributed by atoms with Gasteiger partial charge in [0.1, 0.15) is 11.6 Å². The van der Waals surface area contributed by atoms with Crippen LogP contribution in [-0.4, -0.2) is 7.11 Å². The Morgan fingerprint density at radius 1 is 1.23 bits per heavy atom. The zero-order chi connectivity index (χ0) is 10.0. The van der Waals surface area contributed by atoms with Crippen molar-refractivity contribution in [1.29, 1.82) is 0 Å². The second-order valence-corrected chi connectivity index (χ2v) is 2.35. The van der Waals surface area contributed by atoms with E-state index in [1.807, 2.05) is 0 Å². The zero-order valence-corrected chi connectivity index (χ0v) is 6.90. The van der Waals surface area contributed by atoms with Crippen molar-refractivity contribution < 1.29 is 17.9 Å². The zero-order valence-electron chi connectivity index (χ0n) is 6.90. The van der Waals surface area contributed by atoms with Gasteiger partial charge in [0.15, 0.2) is 11.6 Å². The third-order valence-electron chi connectivity index (χ3n) is 1.57. The SMILES string of the molecule is C=C(OC)c1c(F)ccc(F)c1F. The Bertz CT molecular complexity index is 347. The Kier molecular flexibility index (Phi) is 2.60. The number of rotatable bonds is 2. The molecule has 0 saturated heterocycles. The highest BCUT2D eigenvalue weighted by Crippen LogP contribution is 2.22. The Morgan fingerprint density at radius 3 is 2.31 bits per heavy atom. The van der Waals surface area contributed by atoms with E-state index in [0.29, 0.717) is 6.07 Å². The summed E-state index contributed by atoms with van der Waals surface area (Å²) in [4.78, 5) is 0. The van der Waals surface area contributed by atoms with E-state index >= 15 is 0 Å². The molecule has 1 rings (SSSR count). The molecule has 0 aromatic heterocycles. The minimum Gasteiger partial charge on any atom is -0.497 e. The fraction of sp³-hybridized carbons (Fsp3) is 0.111. The van der Waals surface area contributed by atoms with Crippen LogP contribution < -0.4 is 0 Å². The van der Waals surface area contributed by atoms with Gasteiger partial charge in [-0.1, -0.05) is 6.58 Å².